The maximum absolute atomic E-state index is 13.0. The molecule has 5 nitrogen and oxygen atoms in total. The molecule has 2 amide bonds. The number of carbonyl (C=O) groups is 2. The van der Waals surface area contributed by atoms with Crippen molar-refractivity contribution in [3.8, 4) is 0 Å². The van der Waals surface area contributed by atoms with Crippen molar-refractivity contribution in [2.24, 2.45) is 11.8 Å². The van der Waals surface area contributed by atoms with Gasteiger partial charge < -0.3 is 14.8 Å². The quantitative estimate of drug-likeness (QED) is 0.895. The van der Waals surface area contributed by atoms with Crippen LogP contribution in [0, 0.1) is 11.8 Å². The van der Waals surface area contributed by atoms with Gasteiger partial charge in [0.2, 0.25) is 11.8 Å². The van der Waals surface area contributed by atoms with Gasteiger partial charge in [-0.05, 0) is 50.1 Å². The number of para-hydroxylation sites is 1. The summed E-state index contributed by atoms with van der Waals surface area (Å²) >= 11 is 0. The minimum absolute atomic E-state index is 0.000428. The van der Waals surface area contributed by atoms with Gasteiger partial charge in [0.25, 0.3) is 0 Å². The van der Waals surface area contributed by atoms with Crippen molar-refractivity contribution in [1.82, 2.24) is 14.8 Å². The van der Waals surface area contributed by atoms with Crippen LogP contribution in [0.3, 0.4) is 0 Å². The van der Waals surface area contributed by atoms with Crippen LogP contribution in [-0.2, 0) is 9.59 Å². The molecule has 4 rings (SSSR count). The Kier molecular flexibility index (Phi) is 4.94. The molecule has 1 aliphatic heterocycles. The molecule has 2 aliphatic rings. The van der Waals surface area contributed by atoms with Crippen LogP contribution in [0.2, 0.25) is 0 Å². The molecule has 1 N–H and O–H groups in total. The number of nitrogens with zero attached hydrogens (tertiary/aromatic N) is 2. The molecule has 1 atom stereocenters. The first-order chi connectivity index (χ1) is 13.0. The van der Waals surface area contributed by atoms with Crippen LogP contribution in [0.4, 0.5) is 0 Å². The zero-order valence-electron chi connectivity index (χ0n) is 16.3. The Labute approximate surface area is 160 Å². The normalized spacial score (nSPS) is 19.7. The van der Waals surface area contributed by atoms with Crippen molar-refractivity contribution in [1.29, 1.82) is 0 Å². The molecule has 0 bridgehead atoms. The highest BCUT2D eigenvalue weighted by Crippen LogP contribution is 2.31. The Hall–Kier alpha value is -2.30. The molecule has 1 aliphatic carbocycles. The summed E-state index contributed by atoms with van der Waals surface area (Å²) in [6.45, 7) is 3.51. The number of H-pyrrole nitrogens is 1. The van der Waals surface area contributed by atoms with E-state index >= 15 is 0 Å². The number of rotatable bonds is 4. The number of aromatic nitrogens is 1. The lowest BCUT2D eigenvalue weighted by Crippen LogP contribution is -2.46. The SMILES string of the molecule is CC(c1cc2ccccc2[nH]1)N(C)C(=O)C1CCN(C(=O)C2CCC2)CC1. The number of aromatic amines is 1. The van der Waals surface area contributed by atoms with Gasteiger partial charge >= 0.3 is 0 Å². The minimum atomic E-state index is -0.000428. The predicted octanol–water partition coefficient (Wildman–Crippen LogP) is 3.73. The molecule has 2 aromatic rings. The lowest BCUT2D eigenvalue weighted by atomic mass is 9.83. The molecule has 27 heavy (non-hydrogen) atoms. The third-order valence-corrected chi connectivity index (χ3v) is 6.54. The van der Waals surface area contributed by atoms with E-state index in [2.05, 4.69) is 30.1 Å². The summed E-state index contributed by atoms with van der Waals surface area (Å²) in [6, 6.07) is 10.3. The van der Waals surface area contributed by atoms with E-state index in [1.807, 2.05) is 29.0 Å². The van der Waals surface area contributed by atoms with Crippen molar-refractivity contribution in [2.75, 3.05) is 20.1 Å². The van der Waals surface area contributed by atoms with Crippen molar-refractivity contribution in [2.45, 2.75) is 45.1 Å². The number of hydrogen-bond donors (Lipinski definition) is 1. The largest absolute Gasteiger partial charge is 0.357 e. The molecule has 144 valence electrons. The third kappa shape index (κ3) is 3.47. The summed E-state index contributed by atoms with van der Waals surface area (Å²) in [5.41, 5.74) is 2.16. The second-order valence-corrected chi connectivity index (χ2v) is 8.16. The van der Waals surface area contributed by atoms with Crippen LogP contribution in [0.5, 0.6) is 0 Å². The van der Waals surface area contributed by atoms with Gasteiger partial charge in [-0.1, -0.05) is 24.6 Å². The van der Waals surface area contributed by atoms with E-state index in [4.69, 9.17) is 0 Å². The average Bonchev–Trinajstić information content (AvgIpc) is 3.09. The zero-order valence-corrected chi connectivity index (χ0v) is 16.3. The molecule has 1 aromatic carbocycles. The highest BCUT2D eigenvalue weighted by atomic mass is 16.2. The van der Waals surface area contributed by atoms with Gasteiger partial charge in [-0.25, -0.2) is 0 Å². The minimum Gasteiger partial charge on any atom is -0.357 e. The molecule has 1 unspecified atom stereocenters. The number of fused-ring (bicyclic) bond motifs is 1. The molecule has 0 radical (unpaired) electrons. The van der Waals surface area contributed by atoms with Gasteiger partial charge in [-0.2, -0.15) is 0 Å². The van der Waals surface area contributed by atoms with Gasteiger partial charge in [0.1, 0.15) is 0 Å². The lowest BCUT2D eigenvalue weighted by molar-refractivity contribution is -0.144. The predicted molar refractivity (Wildman–Crippen MR) is 106 cm³/mol. The Morgan fingerprint density at radius 3 is 2.44 bits per heavy atom. The molecular formula is C22H29N3O2. The van der Waals surface area contributed by atoms with E-state index in [0.29, 0.717) is 5.91 Å². The smallest absolute Gasteiger partial charge is 0.226 e. The highest BCUT2D eigenvalue weighted by molar-refractivity contribution is 5.83. The first-order valence-electron chi connectivity index (χ1n) is 10.2. The Morgan fingerprint density at radius 1 is 1.11 bits per heavy atom. The second kappa shape index (κ2) is 7.37. The van der Waals surface area contributed by atoms with E-state index in [9.17, 15) is 9.59 Å². The first-order valence-corrected chi connectivity index (χ1v) is 10.2. The summed E-state index contributed by atoms with van der Waals surface area (Å²) in [5, 5.41) is 1.17. The Morgan fingerprint density at radius 2 is 1.81 bits per heavy atom. The molecule has 1 saturated carbocycles. The fourth-order valence-corrected chi connectivity index (χ4v) is 4.27. The lowest BCUT2D eigenvalue weighted by Gasteiger charge is -2.37. The van der Waals surface area contributed by atoms with Gasteiger partial charge in [0, 0.05) is 43.2 Å². The zero-order chi connectivity index (χ0) is 19.0. The molecule has 1 aromatic heterocycles. The van der Waals surface area contributed by atoms with Gasteiger partial charge in [-0.3, -0.25) is 9.59 Å². The van der Waals surface area contributed by atoms with Crippen molar-refractivity contribution in [3.63, 3.8) is 0 Å². The van der Waals surface area contributed by atoms with Crippen molar-refractivity contribution >= 4 is 22.7 Å². The van der Waals surface area contributed by atoms with Gasteiger partial charge in [0.15, 0.2) is 0 Å². The summed E-state index contributed by atoms with van der Waals surface area (Å²) in [6.07, 6.45) is 4.83. The van der Waals surface area contributed by atoms with Crippen LogP contribution in [0.25, 0.3) is 10.9 Å². The molecule has 1 saturated heterocycles. The molecule has 5 heteroatoms. The maximum atomic E-state index is 13.0. The topological polar surface area (TPSA) is 56.4 Å². The summed E-state index contributed by atoms with van der Waals surface area (Å²) in [4.78, 5) is 32.7. The number of hydrogen-bond acceptors (Lipinski definition) is 2. The van der Waals surface area contributed by atoms with Crippen molar-refractivity contribution in [3.05, 3.63) is 36.0 Å². The number of nitrogens with one attached hydrogen (secondary N) is 1. The monoisotopic (exact) mass is 367 g/mol. The average molecular weight is 367 g/mol. The molecule has 0 spiro atoms. The van der Waals surface area contributed by atoms with Crippen LogP contribution in [0.15, 0.2) is 30.3 Å². The van der Waals surface area contributed by atoms with E-state index in [-0.39, 0.29) is 23.8 Å². The van der Waals surface area contributed by atoms with Gasteiger partial charge in [-0.15, -0.1) is 0 Å². The van der Waals surface area contributed by atoms with Crippen LogP contribution < -0.4 is 0 Å². The standard InChI is InChI=1S/C22H29N3O2/c1-15(20-14-18-6-3-4-9-19(18)23-20)24(2)21(26)17-10-12-25(13-11-17)22(27)16-7-5-8-16/h3-4,6,9,14-17,23H,5,7-8,10-13H2,1-2H3. The number of likely N-dealkylation sites (tertiary alicyclic amines) is 1. The van der Waals surface area contributed by atoms with E-state index in [1.165, 1.54) is 11.8 Å². The van der Waals surface area contributed by atoms with Crippen LogP contribution in [0.1, 0.15) is 50.8 Å². The summed E-state index contributed by atoms with van der Waals surface area (Å²) in [7, 11) is 1.89. The fourth-order valence-electron chi connectivity index (χ4n) is 4.27. The van der Waals surface area contributed by atoms with Gasteiger partial charge in [0.05, 0.1) is 6.04 Å². The van der Waals surface area contributed by atoms with Crippen molar-refractivity contribution < 1.29 is 9.59 Å². The molecular weight excluding hydrogens is 338 g/mol. The van der Waals surface area contributed by atoms with E-state index in [0.717, 1.165) is 50.0 Å². The van der Waals surface area contributed by atoms with E-state index < -0.39 is 0 Å². The maximum Gasteiger partial charge on any atom is 0.226 e. The Bertz CT molecular complexity index is 798. The molecule has 2 heterocycles. The molecule has 2 fully saturated rings. The number of benzene rings is 1. The summed E-state index contributed by atoms with van der Waals surface area (Å²) in [5.74, 6) is 0.776. The first kappa shape index (κ1) is 18.1. The van der Waals surface area contributed by atoms with Crippen LogP contribution >= 0.6 is 0 Å². The number of carbonyl (C=O) groups excluding carboxylic acids is 2. The fraction of sp³-hybridized carbons (Fsp3) is 0.545. The number of piperidine rings is 1. The van der Waals surface area contributed by atoms with E-state index in [1.54, 1.807) is 0 Å². The third-order valence-electron chi connectivity index (χ3n) is 6.54. The number of amides is 2. The Balaban J connectivity index is 1.36. The van der Waals surface area contributed by atoms with Crippen LogP contribution in [-0.4, -0.2) is 46.7 Å². The highest BCUT2D eigenvalue weighted by Gasteiger charge is 2.34. The second-order valence-electron chi connectivity index (χ2n) is 8.16. The summed E-state index contributed by atoms with van der Waals surface area (Å²) < 4.78 is 0.